The summed E-state index contributed by atoms with van der Waals surface area (Å²) in [4.78, 5) is 0. The molecule has 0 saturated heterocycles. The van der Waals surface area contributed by atoms with E-state index in [4.69, 9.17) is 0 Å². The van der Waals surface area contributed by atoms with E-state index in [0.29, 0.717) is 5.75 Å². The number of hydrogen-bond donors (Lipinski definition) is 1. The fraction of sp³-hybridized carbons (Fsp3) is 0.600. The van der Waals surface area contributed by atoms with E-state index in [-0.39, 0.29) is 0 Å². The highest BCUT2D eigenvalue weighted by Crippen LogP contribution is 2.84. The molecule has 18 heavy (non-hydrogen) atoms. The quantitative estimate of drug-likeness (QED) is 0.635. The molecule has 3 fully saturated rings. The Hall–Kier alpha value is -0.485. The Kier molecular flexibility index (Phi) is 2.52. The molecule has 1 N–H and O–H groups in total. The Morgan fingerprint density at radius 2 is 1.28 bits per heavy atom. The first-order valence-electron chi connectivity index (χ1n) is 7.32. The van der Waals surface area contributed by atoms with Gasteiger partial charge in [0.1, 0.15) is 5.75 Å². The zero-order chi connectivity index (χ0) is 12.2. The standard InChI is InChI=1S/C15H20BOP/c17-12-3-1-11(2-4-12)16-18(13-5-6-13,14-7-8-14)15-9-10-15/h1-4,13-15,17H,5-10H2/q+1. The molecular formula is C15H20BOP+. The fourth-order valence-electron chi connectivity index (χ4n) is 3.59. The van der Waals surface area contributed by atoms with Crippen molar-refractivity contribution in [3.63, 3.8) is 0 Å². The van der Waals surface area contributed by atoms with Crippen molar-refractivity contribution in [3.05, 3.63) is 24.3 Å². The minimum Gasteiger partial charge on any atom is -0.508 e. The van der Waals surface area contributed by atoms with E-state index in [9.17, 15) is 5.11 Å². The molecule has 0 amide bonds. The van der Waals surface area contributed by atoms with Gasteiger partial charge in [0.05, 0.1) is 17.0 Å². The molecule has 0 spiro atoms. The molecule has 3 saturated carbocycles. The predicted octanol–water partition coefficient (Wildman–Crippen LogP) is 3.14. The van der Waals surface area contributed by atoms with Crippen LogP contribution < -0.4 is 5.46 Å². The van der Waals surface area contributed by atoms with Crippen LogP contribution in [0.25, 0.3) is 0 Å². The first-order valence-corrected chi connectivity index (χ1v) is 9.38. The van der Waals surface area contributed by atoms with E-state index >= 15 is 0 Å². The van der Waals surface area contributed by atoms with E-state index in [0.717, 1.165) is 17.0 Å². The lowest BCUT2D eigenvalue weighted by molar-refractivity contribution is 0.475. The number of phenols is 1. The van der Waals surface area contributed by atoms with Crippen LogP contribution in [0.1, 0.15) is 38.5 Å². The average Bonchev–Trinajstić information content (AvgIpc) is 3.25. The fourth-order valence-corrected chi connectivity index (χ4v) is 9.83. The van der Waals surface area contributed by atoms with Crippen LogP contribution in [0.15, 0.2) is 24.3 Å². The highest BCUT2D eigenvalue weighted by atomic mass is 31.2. The zero-order valence-corrected chi connectivity index (χ0v) is 11.7. The lowest BCUT2D eigenvalue weighted by atomic mass is 9.94. The van der Waals surface area contributed by atoms with E-state index < -0.39 is 7.14 Å². The molecular weight excluding hydrogens is 238 g/mol. The van der Waals surface area contributed by atoms with Crippen LogP contribution in [0.5, 0.6) is 5.75 Å². The summed E-state index contributed by atoms with van der Waals surface area (Å²) >= 11 is 0. The van der Waals surface area contributed by atoms with Crippen LogP contribution >= 0.6 is 7.14 Å². The van der Waals surface area contributed by atoms with Gasteiger partial charge in [-0.1, -0.05) is 12.1 Å². The zero-order valence-electron chi connectivity index (χ0n) is 10.8. The third-order valence-corrected chi connectivity index (χ3v) is 10.9. The minimum absolute atomic E-state index is 0.389. The van der Waals surface area contributed by atoms with Crippen molar-refractivity contribution in [1.82, 2.24) is 0 Å². The maximum absolute atomic E-state index is 9.41. The van der Waals surface area contributed by atoms with Crippen LogP contribution in [0.4, 0.5) is 0 Å². The Labute approximate surface area is 111 Å². The Bertz CT molecular complexity index is 415. The molecule has 3 heteroatoms. The molecule has 0 bridgehead atoms. The first kappa shape index (κ1) is 11.4. The van der Waals surface area contributed by atoms with Crippen molar-refractivity contribution in [2.24, 2.45) is 0 Å². The molecule has 0 unspecified atom stereocenters. The number of phenolic OH excluding ortho intramolecular Hbond substituents is 1. The Morgan fingerprint density at radius 1 is 0.833 bits per heavy atom. The SMILES string of the molecule is Oc1ccc([B][P+](C2CC2)(C2CC2)C2CC2)cc1. The molecule has 1 aromatic rings. The molecule has 4 rings (SSSR count). The third kappa shape index (κ3) is 1.90. The second-order valence-electron chi connectivity index (χ2n) is 6.31. The van der Waals surface area contributed by atoms with Crippen LogP contribution in [-0.4, -0.2) is 29.1 Å². The number of benzene rings is 1. The average molecular weight is 258 g/mol. The maximum atomic E-state index is 9.41. The van der Waals surface area contributed by atoms with Gasteiger partial charge in [-0.05, 0) is 63.3 Å². The van der Waals surface area contributed by atoms with Gasteiger partial charge in [-0.2, -0.15) is 0 Å². The van der Waals surface area contributed by atoms with Gasteiger partial charge in [-0.3, -0.25) is 0 Å². The molecule has 0 aromatic heterocycles. The second kappa shape index (κ2) is 4.00. The van der Waals surface area contributed by atoms with Gasteiger partial charge < -0.3 is 5.11 Å². The summed E-state index contributed by atoms with van der Waals surface area (Å²) in [6.45, 7) is 2.69. The van der Waals surface area contributed by atoms with E-state index in [1.165, 1.54) is 44.0 Å². The molecule has 0 atom stereocenters. The molecule has 93 valence electrons. The van der Waals surface area contributed by atoms with Crippen LogP contribution in [0.3, 0.4) is 0 Å². The van der Waals surface area contributed by atoms with Crippen molar-refractivity contribution in [1.29, 1.82) is 0 Å². The number of hydrogen-bond acceptors (Lipinski definition) is 1. The largest absolute Gasteiger partial charge is 0.508 e. The van der Waals surface area contributed by atoms with Crippen molar-refractivity contribution in [3.8, 4) is 5.75 Å². The second-order valence-corrected chi connectivity index (χ2v) is 10.5. The summed E-state index contributed by atoms with van der Waals surface area (Å²) in [5.74, 6) is 0.389. The Balaban J connectivity index is 1.63. The van der Waals surface area contributed by atoms with Gasteiger partial charge in [-0.15, -0.1) is 0 Å². The molecule has 3 aliphatic carbocycles. The lowest BCUT2D eigenvalue weighted by Crippen LogP contribution is -2.26. The monoisotopic (exact) mass is 258 g/mol. The predicted molar refractivity (Wildman–Crippen MR) is 79.5 cm³/mol. The van der Waals surface area contributed by atoms with Gasteiger partial charge in [0.15, 0.2) is 0 Å². The number of aromatic hydroxyl groups is 1. The Morgan fingerprint density at radius 3 is 1.67 bits per heavy atom. The third-order valence-electron chi connectivity index (χ3n) is 4.80. The lowest BCUT2D eigenvalue weighted by Gasteiger charge is -2.27. The van der Waals surface area contributed by atoms with E-state index in [1.54, 1.807) is 0 Å². The molecule has 1 nitrogen and oxygen atoms in total. The van der Waals surface area contributed by atoms with E-state index in [2.05, 4.69) is 19.1 Å². The van der Waals surface area contributed by atoms with Crippen LogP contribution in [0.2, 0.25) is 0 Å². The van der Waals surface area contributed by atoms with Gasteiger partial charge in [-0.25, -0.2) is 0 Å². The summed E-state index contributed by atoms with van der Waals surface area (Å²) in [7, 11) is -0.822. The highest BCUT2D eigenvalue weighted by molar-refractivity contribution is 8.04. The summed E-state index contributed by atoms with van der Waals surface area (Å²) in [5.41, 5.74) is 4.59. The molecule has 0 heterocycles. The van der Waals surface area contributed by atoms with Gasteiger partial charge in [0.2, 0.25) is 0 Å². The minimum atomic E-state index is -0.822. The van der Waals surface area contributed by atoms with Crippen LogP contribution in [0, 0.1) is 0 Å². The van der Waals surface area contributed by atoms with Crippen molar-refractivity contribution < 1.29 is 5.11 Å². The van der Waals surface area contributed by atoms with Gasteiger partial charge >= 0.3 is 7.00 Å². The topological polar surface area (TPSA) is 20.2 Å². The summed E-state index contributed by atoms with van der Waals surface area (Å²) in [6.07, 6.45) is 8.97. The van der Waals surface area contributed by atoms with Crippen molar-refractivity contribution in [2.45, 2.75) is 55.5 Å². The normalized spacial score (nSPS) is 24.0. The molecule has 1 radical (unpaired) electrons. The first-order chi connectivity index (χ1) is 8.79. The molecule has 1 aromatic carbocycles. The van der Waals surface area contributed by atoms with Gasteiger partial charge in [0, 0.05) is 0 Å². The van der Waals surface area contributed by atoms with Crippen molar-refractivity contribution in [2.75, 3.05) is 0 Å². The smallest absolute Gasteiger partial charge is 0.396 e. The molecule has 0 aliphatic heterocycles. The maximum Gasteiger partial charge on any atom is 0.396 e. The van der Waals surface area contributed by atoms with Crippen LogP contribution in [-0.2, 0) is 0 Å². The van der Waals surface area contributed by atoms with Gasteiger partial charge in [0.25, 0.3) is 0 Å². The van der Waals surface area contributed by atoms with Crippen molar-refractivity contribution >= 4 is 19.6 Å². The highest BCUT2D eigenvalue weighted by Gasteiger charge is 2.67. The number of rotatable bonds is 5. The van der Waals surface area contributed by atoms with E-state index in [1.807, 2.05) is 12.1 Å². The summed E-state index contributed by atoms with van der Waals surface area (Å²) in [6, 6.07) is 7.90. The molecule has 3 aliphatic rings. The summed E-state index contributed by atoms with van der Waals surface area (Å²) < 4.78 is 0. The summed E-state index contributed by atoms with van der Waals surface area (Å²) in [5, 5.41) is 9.41.